The lowest BCUT2D eigenvalue weighted by Gasteiger charge is -2.57. The van der Waals surface area contributed by atoms with Crippen LogP contribution in [0.3, 0.4) is 0 Å². The summed E-state index contributed by atoms with van der Waals surface area (Å²) in [5.41, 5.74) is 2.52. The lowest BCUT2D eigenvalue weighted by atomic mass is 9.47. The van der Waals surface area contributed by atoms with Gasteiger partial charge in [0, 0.05) is 12.8 Å². The molecular weight excluding hydrogens is 372 g/mol. The molecule has 8 atom stereocenters. The monoisotopic (exact) mass is 414 g/mol. The van der Waals surface area contributed by atoms with Crippen LogP contribution in [0.2, 0.25) is 0 Å². The summed E-state index contributed by atoms with van der Waals surface area (Å²) in [5, 5.41) is 9.16. The van der Waals surface area contributed by atoms with Gasteiger partial charge in [-0.3, -0.25) is 9.59 Å². The third-order valence-corrected chi connectivity index (χ3v) is 10.4. The summed E-state index contributed by atoms with van der Waals surface area (Å²) >= 11 is 0. The van der Waals surface area contributed by atoms with Gasteiger partial charge in [0.15, 0.2) is 0 Å². The van der Waals surface area contributed by atoms with Gasteiger partial charge in [0.2, 0.25) is 0 Å². The molecule has 0 aliphatic heterocycles. The van der Waals surface area contributed by atoms with Crippen LogP contribution in [-0.2, 0) is 9.59 Å². The number of ketones is 1. The van der Waals surface area contributed by atoms with Crippen molar-refractivity contribution < 1.29 is 14.7 Å². The second-order valence-electron chi connectivity index (χ2n) is 11.9. The second-order valence-corrected chi connectivity index (χ2v) is 11.9. The van der Waals surface area contributed by atoms with Crippen molar-refractivity contribution in [3.05, 3.63) is 11.6 Å². The normalized spacial score (nSPS) is 42.5. The molecule has 0 spiro atoms. The van der Waals surface area contributed by atoms with Gasteiger partial charge in [0.05, 0.1) is 5.92 Å². The first kappa shape index (κ1) is 22.1. The summed E-state index contributed by atoms with van der Waals surface area (Å²) in [6.07, 6.45) is 14.7. The van der Waals surface area contributed by atoms with Crippen LogP contribution in [0.4, 0.5) is 0 Å². The molecule has 1 N–H and O–H groups in total. The van der Waals surface area contributed by atoms with E-state index in [4.69, 9.17) is 5.11 Å². The standard InChI is InChI=1S/C27H42O3/c1-17(6-5-7-18(2)25(29)30)22-10-11-23-21-9-8-19-16-20(28)12-14-26(19,3)24(21)13-15-27(22,23)4/h9,17-19,22-24H,5-8,10-16H2,1-4H3,(H,29,30)/t17-,18?,19+,22-,23+,24+,26+,27-/m1/s1. The molecule has 0 saturated heterocycles. The van der Waals surface area contributed by atoms with Crippen molar-refractivity contribution in [2.45, 2.75) is 98.3 Å². The highest BCUT2D eigenvalue weighted by atomic mass is 16.4. The molecule has 4 aliphatic rings. The molecule has 1 unspecified atom stereocenters. The summed E-state index contributed by atoms with van der Waals surface area (Å²) in [4.78, 5) is 23.2. The molecule has 0 heterocycles. The van der Waals surface area contributed by atoms with Gasteiger partial charge in [-0.1, -0.05) is 52.2 Å². The quantitative estimate of drug-likeness (QED) is 0.494. The molecule has 0 bridgehead atoms. The number of hydrogen-bond donors (Lipinski definition) is 1. The average molecular weight is 415 g/mol. The van der Waals surface area contributed by atoms with Gasteiger partial charge < -0.3 is 5.11 Å². The molecule has 0 aromatic carbocycles. The van der Waals surface area contributed by atoms with Crippen molar-refractivity contribution in [3.63, 3.8) is 0 Å². The number of fused-ring (bicyclic) bond motifs is 5. The Morgan fingerprint density at radius 1 is 1.10 bits per heavy atom. The minimum atomic E-state index is -0.658. The maximum absolute atomic E-state index is 12.1. The summed E-state index contributed by atoms with van der Waals surface area (Å²) in [6.45, 7) is 9.34. The molecule has 3 nitrogen and oxygen atoms in total. The zero-order chi connectivity index (χ0) is 21.7. The zero-order valence-corrected chi connectivity index (χ0v) is 19.6. The lowest BCUT2D eigenvalue weighted by molar-refractivity contribution is -0.141. The first-order valence-corrected chi connectivity index (χ1v) is 12.6. The average Bonchev–Trinajstić information content (AvgIpc) is 3.05. The number of aliphatic carboxylic acids is 1. The summed E-state index contributed by atoms with van der Waals surface area (Å²) < 4.78 is 0. The lowest BCUT2D eigenvalue weighted by Crippen LogP contribution is -2.49. The third kappa shape index (κ3) is 3.58. The predicted octanol–water partition coefficient (Wildman–Crippen LogP) is 6.66. The number of rotatable bonds is 6. The topological polar surface area (TPSA) is 54.4 Å². The van der Waals surface area contributed by atoms with E-state index < -0.39 is 5.97 Å². The van der Waals surface area contributed by atoms with Crippen molar-refractivity contribution in [2.75, 3.05) is 0 Å². The molecular formula is C27H42O3. The molecule has 168 valence electrons. The summed E-state index contributed by atoms with van der Waals surface area (Å²) in [7, 11) is 0. The van der Waals surface area contributed by atoms with E-state index in [0.717, 1.165) is 56.8 Å². The van der Waals surface area contributed by atoms with Gasteiger partial charge in [-0.2, -0.15) is 0 Å². The number of hydrogen-bond acceptors (Lipinski definition) is 2. The maximum atomic E-state index is 12.1. The summed E-state index contributed by atoms with van der Waals surface area (Å²) in [5.74, 6) is 3.06. The second kappa shape index (κ2) is 8.10. The van der Waals surface area contributed by atoms with Crippen LogP contribution in [0.1, 0.15) is 98.3 Å². The highest BCUT2D eigenvalue weighted by Gasteiger charge is 2.58. The summed E-state index contributed by atoms with van der Waals surface area (Å²) in [6, 6.07) is 0. The van der Waals surface area contributed by atoms with E-state index in [1.807, 2.05) is 6.92 Å². The van der Waals surface area contributed by atoms with E-state index in [9.17, 15) is 9.59 Å². The number of carbonyl (C=O) groups is 2. The van der Waals surface area contributed by atoms with Gasteiger partial charge in [-0.05, 0) is 85.4 Å². The van der Waals surface area contributed by atoms with E-state index in [1.54, 1.807) is 5.57 Å². The Labute approximate surface area is 183 Å². The number of carbonyl (C=O) groups excluding carboxylic acids is 1. The number of allylic oxidation sites excluding steroid dienone is 2. The molecule has 4 rings (SSSR count). The van der Waals surface area contributed by atoms with Crippen molar-refractivity contribution in [1.82, 2.24) is 0 Å². The predicted molar refractivity (Wildman–Crippen MR) is 120 cm³/mol. The highest BCUT2D eigenvalue weighted by Crippen LogP contribution is 2.66. The van der Waals surface area contributed by atoms with Crippen LogP contribution >= 0.6 is 0 Å². The molecule has 0 aromatic heterocycles. The fourth-order valence-corrected chi connectivity index (χ4v) is 8.35. The maximum Gasteiger partial charge on any atom is 0.306 e. The van der Waals surface area contributed by atoms with Gasteiger partial charge >= 0.3 is 5.97 Å². The molecule has 3 heteroatoms. The van der Waals surface area contributed by atoms with Crippen molar-refractivity contribution in [1.29, 1.82) is 0 Å². The number of Topliss-reactive ketones (excluding diaryl/α,β-unsaturated/α-hetero) is 1. The number of carboxylic acids is 1. The van der Waals surface area contributed by atoms with E-state index in [1.165, 1.54) is 25.7 Å². The molecule has 30 heavy (non-hydrogen) atoms. The number of carboxylic acid groups (broad SMARTS) is 1. The van der Waals surface area contributed by atoms with E-state index in [0.29, 0.717) is 34.4 Å². The Bertz CT molecular complexity index is 724. The van der Waals surface area contributed by atoms with Crippen LogP contribution in [0, 0.1) is 46.3 Å². The minimum absolute atomic E-state index is 0.219. The molecule has 3 saturated carbocycles. The van der Waals surface area contributed by atoms with Gasteiger partial charge in [-0.15, -0.1) is 0 Å². The minimum Gasteiger partial charge on any atom is -0.481 e. The smallest absolute Gasteiger partial charge is 0.306 e. The van der Waals surface area contributed by atoms with Crippen LogP contribution in [0.5, 0.6) is 0 Å². The van der Waals surface area contributed by atoms with E-state index >= 15 is 0 Å². The van der Waals surface area contributed by atoms with Crippen LogP contribution in [0.15, 0.2) is 11.6 Å². The molecule has 0 aromatic rings. The molecule has 3 fully saturated rings. The Kier molecular flexibility index (Phi) is 5.96. The first-order chi connectivity index (χ1) is 14.2. The Morgan fingerprint density at radius 2 is 1.83 bits per heavy atom. The molecule has 0 amide bonds. The van der Waals surface area contributed by atoms with Gasteiger partial charge in [-0.25, -0.2) is 0 Å². The third-order valence-electron chi connectivity index (χ3n) is 10.4. The largest absolute Gasteiger partial charge is 0.481 e. The molecule has 4 aliphatic carbocycles. The van der Waals surface area contributed by atoms with E-state index in [2.05, 4.69) is 26.8 Å². The highest BCUT2D eigenvalue weighted by molar-refractivity contribution is 5.79. The van der Waals surface area contributed by atoms with Crippen LogP contribution < -0.4 is 0 Å². The fraction of sp³-hybridized carbons (Fsp3) is 0.852. The Hall–Kier alpha value is -1.12. The Balaban J connectivity index is 1.46. The first-order valence-electron chi connectivity index (χ1n) is 12.6. The van der Waals surface area contributed by atoms with Crippen molar-refractivity contribution in [2.24, 2.45) is 46.3 Å². The Morgan fingerprint density at radius 3 is 2.57 bits per heavy atom. The molecule has 0 radical (unpaired) electrons. The zero-order valence-electron chi connectivity index (χ0n) is 19.6. The van der Waals surface area contributed by atoms with Crippen LogP contribution in [0.25, 0.3) is 0 Å². The fourth-order valence-electron chi connectivity index (χ4n) is 8.35. The van der Waals surface area contributed by atoms with Gasteiger partial charge in [0.25, 0.3) is 0 Å². The van der Waals surface area contributed by atoms with Crippen molar-refractivity contribution >= 4 is 11.8 Å². The SMILES string of the molecule is CC(CCC[C@@H](C)[C@H]1CC[C@H]2C3=CC[C@H]4CC(=O)CC[C@]4(C)[C@H]3CC[C@]12C)C(=O)O. The van der Waals surface area contributed by atoms with Gasteiger partial charge in [0.1, 0.15) is 5.78 Å². The van der Waals surface area contributed by atoms with Crippen LogP contribution in [-0.4, -0.2) is 16.9 Å². The van der Waals surface area contributed by atoms with Crippen molar-refractivity contribution in [3.8, 4) is 0 Å². The van der Waals surface area contributed by atoms with E-state index in [-0.39, 0.29) is 5.92 Å².